The Morgan fingerprint density at radius 1 is 0.864 bits per heavy atom. The van der Waals surface area contributed by atoms with E-state index in [0.29, 0.717) is 16.8 Å². The van der Waals surface area contributed by atoms with Gasteiger partial charge in [0.1, 0.15) is 12.1 Å². The second kappa shape index (κ2) is 7.71. The number of nitrogens with zero attached hydrogens (tertiary/aromatic N) is 4. The van der Waals surface area contributed by atoms with E-state index < -0.39 is 0 Å². The molecule has 0 aliphatic rings. The molecule has 0 radical (unpaired) electrons. The molecule has 0 bridgehead atoms. The quantitative estimate of drug-likeness (QED) is 0.710. The van der Waals surface area contributed by atoms with E-state index in [9.17, 15) is 0 Å². The Kier molecular flexibility index (Phi) is 5.40. The van der Waals surface area contributed by atoms with Gasteiger partial charge in [-0.3, -0.25) is 0 Å². The largest absolute Gasteiger partial charge is 0.192 e. The molecule has 0 atom stereocenters. The third-order valence-electron chi connectivity index (χ3n) is 3.28. The first-order valence-corrected chi connectivity index (χ1v) is 7.21. The molecule has 0 spiro atoms. The van der Waals surface area contributed by atoms with Crippen molar-refractivity contribution in [2.75, 3.05) is 0 Å². The highest BCUT2D eigenvalue weighted by Crippen LogP contribution is 2.21. The molecule has 4 heteroatoms. The van der Waals surface area contributed by atoms with Crippen LogP contribution in [0.2, 0.25) is 0 Å². The number of benzene rings is 2. The van der Waals surface area contributed by atoms with Gasteiger partial charge in [-0.2, -0.15) is 20.8 Å². The van der Waals surface area contributed by atoms with Crippen LogP contribution in [0.5, 0.6) is 0 Å². The van der Waals surface area contributed by atoms with Crippen molar-refractivity contribution in [3.8, 4) is 12.1 Å². The van der Waals surface area contributed by atoms with Crippen molar-refractivity contribution in [2.45, 2.75) is 26.2 Å². The molecule has 0 N–H and O–H groups in total. The van der Waals surface area contributed by atoms with Crippen LogP contribution in [0.15, 0.2) is 52.7 Å². The fourth-order valence-electron chi connectivity index (χ4n) is 2.01. The third-order valence-corrected chi connectivity index (χ3v) is 3.28. The normalized spacial score (nSPS) is 10.3. The first-order valence-electron chi connectivity index (χ1n) is 7.21. The Morgan fingerprint density at radius 3 is 2.14 bits per heavy atom. The number of unbranched alkanes of at least 4 members (excludes halogenated alkanes) is 1. The van der Waals surface area contributed by atoms with Crippen LogP contribution in [-0.4, -0.2) is 0 Å². The zero-order chi connectivity index (χ0) is 15.8. The predicted octanol–water partition coefficient (Wildman–Crippen LogP) is 5.19. The van der Waals surface area contributed by atoms with Crippen LogP contribution in [0, 0.1) is 22.7 Å². The van der Waals surface area contributed by atoms with E-state index in [1.54, 1.807) is 18.2 Å². The minimum absolute atomic E-state index is 0.314. The van der Waals surface area contributed by atoms with E-state index in [2.05, 4.69) is 29.3 Å². The molecule has 2 rings (SSSR count). The molecule has 22 heavy (non-hydrogen) atoms. The predicted molar refractivity (Wildman–Crippen MR) is 85.1 cm³/mol. The number of rotatable bonds is 5. The zero-order valence-corrected chi connectivity index (χ0v) is 12.5. The fraction of sp³-hybridized carbons (Fsp3) is 0.222. The molecule has 0 heterocycles. The summed E-state index contributed by atoms with van der Waals surface area (Å²) in [5.41, 5.74) is 3.29. The van der Waals surface area contributed by atoms with Gasteiger partial charge in [-0.25, -0.2) is 0 Å². The number of nitriles is 2. The number of azo groups is 1. The molecule has 2 aromatic carbocycles. The molecule has 0 unspecified atom stereocenters. The molecule has 0 saturated carbocycles. The maximum Gasteiger partial charge on any atom is 0.101 e. The lowest BCUT2D eigenvalue weighted by atomic mass is 10.1. The molecule has 0 saturated heterocycles. The standard InChI is InChI=1S/C18H16N4/c1-2-3-4-14-5-8-17(9-6-14)21-22-18-10-7-15(12-19)16(11-18)13-20/h5-11H,2-4H2,1H3. The van der Waals surface area contributed by atoms with Crippen LogP contribution in [0.25, 0.3) is 0 Å². The van der Waals surface area contributed by atoms with Crippen LogP contribution in [0.1, 0.15) is 36.5 Å². The Balaban J connectivity index is 2.12. The lowest BCUT2D eigenvalue weighted by Crippen LogP contribution is -1.82. The summed E-state index contributed by atoms with van der Waals surface area (Å²) < 4.78 is 0. The van der Waals surface area contributed by atoms with E-state index in [1.807, 2.05) is 24.3 Å². The molecule has 108 valence electrons. The smallest absolute Gasteiger partial charge is 0.101 e. The molecular formula is C18H16N4. The first-order chi connectivity index (χ1) is 10.8. The van der Waals surface area contributed by atoms with Crippen LogP contribution >= 0.6 is 0 Å². The summed E-state index contributed by atoms with van der Waals surface area (Å²) in [6, 6.07) is 16.8. The summed E-state index contributed by atoms with van der Waals surface area (Å²) in [5, 5.41) is 26.1. The third kappa shape index (κ3) is 4.01. The minimum atomic E-state index is 0.314. The molecule has 2 aromatic rings. The lowest BCUT2D eigenvalue weighted by molar-refractivity contribution is 0.795. The highest BCUT2D eigenvalue weighted by atomic mass is 15.1. The van der Waals surface area contributed by atoms with E-state index in [1.165, 1.54) is 18.4 Å². The van der Waals surface area contributed by atoms with Gasteiger partial charge in [-0.1, -0.05) is 25.5 Å². The van der Waals surface area contributed by atoms with Crippen molar-refractivity contribution < 1.29 is 0 Å². The molecule has 4 nitrogen and oxygen atoms in total. The lowest BCUT2D eigenvalue weighted by Gasteiger charge is -2.00. The maximum absolute atomic E-state index is 8.99. The van der Waals surface area contributed by atoms with Crippen molar-refractivity contribution in [3.63, 3.8) is 0 Å². The molecule has 0 aliphatic heterocycles. The summed E-state index contributed by atoms with van der Waals surface area (Å²) in [6.45, 7) is 2.18. The van der Waals surface area contributed by atoms with Gasteiger partial charge in [-0.05, 0) is 48.7 Å². The average Bonchev–Trinajstić information content (AvgIpc) is 2.58. The second-order valence-corrected chi connectivity index (χ2v) is 4.92. The minimum Gasteiger partial charge on any atom is -0.192 e. The van der Waals surface area contributed by atoms with Crippen LogP contribution in [0.4, 0.5) is 11.4 Å². The van der Waals surface area contributed by atoms with E-state index in [-0.39, 0.29) is 0 Å². The summed E-state index contributed by atoms with van der Waals surface area (Å²) in [4.78, 5) is 0. The Morgan fingerprint density at radius 2 is 1.50 bits per heavy atom. The van der Waals surface area contributed by atoms with Crippen LogP contribution in [0.3, 0.4) is 0 Å². The highest BCUT2D eigenvalue weighted by Gasteiger charge is 2.02. The van der Waals surface area contributed by atoms with Gasteiger partial charge in [-0.15, -0.1) is 0 Å². The van der Waals surface area contributed by atoms with Crippen LogP contribution in [-0.2, 0) is 6.42 Å². The van der Waals surface area contributed by atoms with E-state index in [4.69, 9.17) is 10.5 Å². The van der Waals surface area contributed by atoms with Crippen molar-refractivity contribution in [1.29, 1.82) is 10.5 Å². The van der Waals surface area contributed by atoms with Gasteiger partial charge in [0.05, 0.1) is 22.5 Å². The summed E-state index contributed by atoms with van der Waals surface area (Å²) >= 11 is 0. The van der Waals surface area contributed by atoms with E-state index >= 15 is 0 Å². The zero-order valence-electron chi connectivity index (χ0n) is 12.5. The van der Waals surface area contributed by atoms with E-state index in [0.717, 1.165) is 12.1 Å². The Hall–Kier alpha value is -2.98. The summed E-state index contributed by atoms with van der Waals surface area (Å²) in [7, 11) is 0. The molecule has 0 amide bonds. The van der Waals surface area contributed by atoms with Gasteiger partial charge in [0, 0.05) is 0 Å². The van der Waals surface area contributed by atoms with Crippen molar-refractivity contribution in [1.82, 2.24) is 0 Å². The SMILES string of the molecule is CCCCc1ccc(N=Nc2ccc(C#N)c(C#N)c2)cc1. The Bertz CT molecular complexity index is 746. The van der Waals surface area contributed by atoms with Crippen molar-refractivity contribution in [3.05, 3.63) is 59.2 Å². The topological polar surface area (TPSA) is 72.3 Å². The molecule has 0 fully saturated rings. The average molecular weight is 288 g/mol. The van der Waals surface area contributed by atoms with Gasteiger partial charge in [0.25, 0.3) is 0 Å². The van der Waals surface area contributed by atoms with Crippen molar-refractivity contribution >= 4 is 11.4 Å². The summed E-state index contributed by atoms with van der Waals surface area (Å²) in [5.74, 6) is 0. The second-order valence-electron chi connectivity index (χ2n) is 4.92. The molecule has 0 aromatic heterocycles. The van der Waals surface area contributed by atoms with Crippen LogP contribution < -0.4 is 0 Å². The Labute approximate surface area is 130 Å². The van der Waals surface area contributed by atoms with Gasteiger partial charge in [0.15, 0.2) is 0 Å². The fourth-order valence-corrected chi connectivity index (χ4v) is 2.01. The van der Waals surface area contributed by atoms with Gasteiger partial charge < -0.3 is 0 Å². The number of aryl methyl sites for hydroxylation is 1. The van der Waals surface area contributed by atoms with Gasteiger partial charge >= 0.3 is 0 Å². The van der Waals surface area contributed by atoms with Crippen molar-refractivity contribution in [2.24, 2.45) is 10.2 Å². The molecular weight excluding hydrogens is 272 g/mol. The maximum atomic E-state index is 8.99. The van der Waals surface area contributed by atoms with Gasteiger partial charge in [0.2, 0.25) is 0 Å². The monoisotopic (exact) mass is 288 g/mol. The summed E-state index contributed by atoms with van der Waals surface area (Å²) in [6.07, 6.45) is 3.44. The number of hydrogen-bond donors (Lipinski definition) is 0. The molecule has 0 aliphatic carbocycles. The number of hydrogen-bond acceptors (Lipinski definition) is 4. The first kappa shape index (κ1) is 15.4. The highest BCUT2D eigenvalue weighted by molar-refractivity contribution is 5.53.